The fourth-order valence-corrected chi connectivity index (χ4v) is 6.89. The number of hydrogen-bond donors (Lipinski definition) is 4. The van der Waals surface area contributed by atoms with Crippen LogP contribution in [-0.2, 0) is 4.74 Å². The second kappa shape index (κ2) is 8.73. The summed E-state index contributed by atoms with van der Waals surface area (Å²) in [5, 5.41) is 29.3. The van der Waals surface area contributed by atoms with Crippen LogP contribution in [0.25, 0.3) is 20.8 Å². The summed E-state index contributed by atoms with van der Waals surface area (Å²) in [6.07, 6.45) is -3.59. The smallest absolute Gasteiger partial charge is 0.383 e. The number of hydrogen-bond acceptors (Lipinski definition) is 10. The molecule has 2 aromatic heterocycles. The summed E-state index contributed by atoms with van der Waals surface area (Å²) < 4.78 is 45.0. The van der Waals surface area contributed by atoms with Gasteiger partial charge in [0.25, 0.3) is 0 Å². The molecule has 3 heterocycles. The molecule has 0 amide bonds. The maximum atomic E-state index is 12.9. The van der Waals surface area contributed by atoms with Gasteiger partial charge in [-0.2, -0.15) is 18.2 Å². The van der Waals surface area contributed by atoms with Crippen LogP contribution < -0.4 is 10.6 Å². The van der Waals surface area contributed by atoms with Crippen LogP contribution in [0.3, 0.4) is 0 Å². The van der Waals surface area contributed by atoms with Crippen LogP contribution in [-0.4, -0.2) is 86.5 Å². The van der Waals surface area contributed by atoms with Gasteiger partial charge in [-0.05, 0) is 31.9 Å². The number of morpholine rings is 1. The number of halogens is 3. The molecule has 37 heavy (non-hydrogen) atoms. The summed E-state index contributed by atoms with van der Waals surface area (Å²) in [5.41, 5.74) is -1.52. The molecule has 198 valence electrons. The minimum Gasteiger partial charge on any atom is -0.383 e. The number of aliphatic hydroxyl groups is 2. The summed E-state index contributed by atoms with van der Waals surface area (Å²) in [4.78, 5) is 15.4. The van der Waals surface area contributed by atoms with Crippen LogP contribution in [0.1, 0.15) is 18.5 Å². The van der Waals surface area contributed by atoms with Crippen LogP contribution >= 0.6 is 11.3 Å². The molecule has 0 radical (unpaired) electrons. The van der Waals surface area contributed by atoms with Gasteiger partial charge in [0.15, 0.2) is 5.72 Å². The van der Waals surface area contributed by atoms with Crippen molar-refractivity contribution in [1.29, 1.82) is 0 Å². The fourth-order valence-electron chi connectivity index (χ4n) is 5.82. The minimum atomic E-state index is -4.46. The van der Waals surface area contributed by atoms with E-state index in [1.165, 1.54) is 11.3 Å². The second-order valence-electron chi connectivity index (χ2n) is 9.86. The van der Waals surface area contributed by atoms with Crippen LogP contribution in [0.5, 0.6) is 0 Å². The molecule has 1 aromatic carbocycles. The highest BCUT2D eigenvalue weighted by Crippen LogP contribution is 2.63. The van der Waals surface area contributed by atoms with Crippen molar-refractivity contribution >= 4 is 33.3 Å². The third kappa shape index (κ3) is 4.22. The quantitative estimate of drug-likeness (QED) is 0.353. The number of thiazole rings is 1. The van der Waals surface area contributed by atoms with E-state index in [-0.39, 0.29) is 30.1 Å². The van der Waals surface area contributed by atoms with Crippen molar-refractivity contribution < 1.29 is 28.1 Å². The van der Waals surface area contributed by atoms with E-state index in [1.54, 1.807) is 6.92 Å². The van der Waals surface area contributed by atoms with Crippen LogP contribution in [0, 0.1) is 12.8 Å². The molecule has 1 saturated heterocycles. The van der Waals surface area contributed by atoms with Gasteiger partial charge >= 0.3 is 6.18 Å². The Morgan fingerprint density at radius 2 is 1.92 bits per heavy atom. The number of aryl methyl sites for hydroxylation is 1. The molecule has 3 fully saturated rings. The van der Waals surface area contributed by atoms with Gasteiger partial charge in [0, 0.05) is 25.0 Å². The van der Waals surface area contributed by atoms with Gasteiger partial charge in [-0.1, -0.05) is 12.1 Å². The number of alkyl halides is 3. The summed E-state index contributed by atoms with van der Waals surface area (Å²) in [7, 11) is 0. The number of para-hydroxylation sites is 1. The first-order valence-electron chi connectivity index (χ1n) is 12.2. The lowest BCUT2D eigenvalue weighted by Crippen LogP contribution is -2.55. The standard InChI is InChI=1S/C24H27F3N6O3S/c1-13-17(20-30-15-4-2-3-5-16(15)37-20)19(31-21(29-13)28-12-23(25,26)27)32-22(34)7-6-14-18(24(14,22)35)33-8-10-36-11-9-33/h2-5,14,18,34-35H,6-12H2,1H3,(H2,28,29,31,32). The Labute approximate surface area is 214 Å². The molecule has 1 aliphatic heterocycles. The summed E-state index contributed by atoms with van der Waals surface area (Å²) in [6, 6.07) is 7.32. The zero-order valence-corrected chi connectivity index (χ0v) is 20.9. The number of anilines is 2. The Morgan fingerprint density at radius 1 is 1.16 bits per heavy atom. The Morgan fingerprint density at radius 3 is 2.65 bits per heavy atom. The molecular weight excluding hydrogens is 509 g/mol. The summed E-state index contributed by atoms with van der Waals surface area (Å²) >= 11 is 1.39. The van der Waals surface area contributed by atoms with Crippen molar-refractivity contribution in [3.8, 4) is 10.6 Å². The first kappa shape index (κ1) is 24.7. The number of nitrogens with one attached hydrogen (secondary N) is 2. The molecule has 4 N–H and O–H groups in total. The fraction of sp³-hybridized carbons (Fsp3) is 0.542. The molecule has 3 aliphatic rings. The third-order valence-corrected chi connectivity index (χ3v) is 8.63. The zero-order valence-electron chi connectivity index (χ0n) is 20.0. The molecule has 2 aliphatic carbocycles. The summed E-state index contributed by atoms with van der Waals surface area (Å²) in [5.74, 6) is -0.229. The van der Waals surface area contributed by atoms with Crippen LogP contribution in [0.4, 0.5) is 24.9 Å². The first-order chi connectivity index (χ1) is 17.6. The van der Waals surface area contributed by atoms with Crippen molar-refractivity contribution in [2.45, 2.75) is 43.3 Å². The van der Waals surface area contributed by atoms with Crippen molar-refractivity contribution in [1.82, 2.24) is 19.9 Å². The minimum absolute atomic E-state index is 0.125. The monoisotopic (exact) mass is 536 g/mol. The van der Waals surface area contributed by atoms with Crippen LogP contribution in [0.2, 0.25) is 0 Å². The van der Waals surface area contributed by atoms with Crippen molar-refractivity contribution in [3.63, 3.8) is 0 Å². The number of rotatable bonds is 6. The van der Waals surface area contributed by atoms with Gasteiger partial charge in [-0.15, -0.1) is 11.3 Å². The zero-order chi connectivity index (χ0) is 26.0. The van der Waals surface area contributed by atoms with E-state index < -0.39 is 24.0 Å². The van der Waals surface area contributed by atoms with Gasteiger partial charge in [0.1, 0.15) is 23.0 Å². The molecular formula is C24H27F3N6O3S. The Balaban J connectivity index is 1.38. The molecule has 3 aromatic rings. The molecule has 6 rings (SSSR count). The third-order valence-electron chi connectivity index (χ3n) is 7.58. The number of fused-ring (bicyclic) bond motifs is 2. The molecule has 4 atom stereocenters. The molecule has 2 saturated carbocycles. The van der Waals surface area contributed by atoms with Crippen molar-refractivity contribution in [2.24, 2.45) is 5.92 Å². The topological polar surface area (TPSA) is 116 Å². The highest BCUT2D eigenvalue weighted by Gasteiger charge is 2.79. The Hall–Kier alpha value is -2.58. The van der Waals surface area contributed by atoms with Crippen molar-refractivity contribution in [2.75, 3.05) is 43.5 Å². The summed E-state index contributed by atoms with van der Waals surface area (Å²) in [6.45, 7) is 2.81. The van der Waals surface area contributed by atoms with E-state index in [2.05, 4.69) is 30.5 Å². The van der Waals surface area contributed by atoms with Crippen molar-refractivity contribution in [3.05, 3.63) is 30.0 Å². The SMILES string of the molecule is Cc1nc(NCC(F)(F)F)nc(NC2(O)CCC3C(N4CCOCC4)C32O)c1-c1nc2ccccc2s1. The molecule has 13 heteroatoms. The molecule has 0 bridgehead atoms. The average molecular weight is 537 g/mol. The van der Waals surface area contributed by atoms with E-state index in [0.717, 1.165) is 10.2 Å². The first-order valence-corrected chi connectivity index (χ1v) is 13.0. The van der Waals surface area contributed by atoms with Gasteiger partial charge in [0.05, 0.1) is 34.7 Å². The highest BCUT2D eigenvalue weighted by atomic mass is 32.1. The Bertz CT molecular complexity index is 1300. The number of nitrogens with zero attached hydrogens (tertiary/aromatic N) is 4. The lowest BCUT2D eigenvalue weighted by molar-refractivity contribution is -0.115. The van der Waals surface area contributed by atoms with E-state index in [9.17, 15) is 23.4 Å². The number of ether oxygens (including phenoxy) is 1. The molecule has 0 spiro atoms. The van der Waals surface area contributed by atoms with E-state index in [4.69, 9.17) is 4.74 Å². The maximum absolute atomic E-state index is 12.9. The average Bonchev–Trinajstić information content (AvgIpc) is 3.12. The van der Waals surface area contributed by atoms with Gasteiger partial charge < -0.3 is 25.6 Å². The van der Waals surface area contributed by atoms with Gasteiger partial charge in [-0.25, -0.2) is 9.97 Å². The maximum Gasteiger partial charge on any atom is 0.405 e. The van der Waals surface area contributed by atoms with Gasteiger partial charge in [-0.3, -0.25) is 4.90 Å². The highest BCUT2D eigenvalue weighted by molar-refractivity contribution is 7.21. The second-order valence-corrected chi connectivity index (χ2v) is 10.9. The largest absolute Gasteiger partial charge is 0.405 e. The Kier molecular flexibility index (Phi) is 5.84. The lowest BCUT2D eigenvalue weighted by atomic mass is 10.0. The normalized spacial score (nSPS) is 29.9. The van der Waals surface area contributed by atoms with E-state index >= 15 is 0 Å². The lowest BCUT2D eigenvalue weighted by Gasteiger charge is -2.37. The predicted octanol–water partition coefficient (Wildman–Crippen LogP) is 2.99. The number of benzene rings is 1. The molecule has 9 nitrogen and oxygen atoms in total. The van der Waals surface area contributed by atoms with E-state index in [0.29, 0.717) is 49.0 Å². The predicted molar refractivity (Wildman–Crippen MR) is 132 cm³/mol. The van der Waals surface area contributed by atoms with E-state index in [1.807, 2.05) is 24.3 Å². The van der Waals surface area contributed by atoms with Crippen LogP contribution in [0.15, 0.2) is 24.3 Å². The molecule has 4 unspecified atom stereocenters. The van der Waals surface area contributed by atoms with Gasteiger partial charge in [0.2, 0.25) is 5.95 Å². The number of aromatic nitrogens is 3.